The van der Waals surface area contributed by atoms with Crippen molar-refractivity contribution in [3.63, 3.8) is 0 Å². The van der Waals surface area contributed by atoms with Crippen molar-refractivity contribution in [1.82, 2.24) is 15.2 Å². The third-order valence-corrected chi connectivity index (χ3v) is 5.62. The molecule has 0 bridgehead atoms. The van der Waals surface area contributed by atoms with E-state index < -0.39 is 0 Å². The summed E-state index contributed by atoms with van der Waals surface area (Å²) < 4.78 is 0. The number of carbonyl (C=O) groups excluding carboxylic acids is 1. The van der Waals surface area contributed by atoms with Crippen LogP contribution >= 0.6 is 11.3 Å². The average molecular weight is 359 g/mol. The third-order valence-electron chi connectivity index (χ3n) is 4.60. The van der Waals surface area contributed by atoms with Crippen molar-refractivity contribution in [3.8, 4) is 0 Å². The van der Waals surface area contributed by atoms with E-state index in [1.54, 1.807) is 18.3 Å². The van der Waals surface area contributed by atoms with Crippen molar-refractivity contribution in [1.29, 1.82) is 0 Å². The van der Waals surface area contributed by atoms with Gasteiger partial charge in [0.1, 0.15) is 0 Å². The predicted molar refractivity (Wildman–Crippen MR) is 99.8 cm³/mol. The number of rotatable bonds is 6. The number of nitrogens with one attached hydrogen (secondary N) is 1. The van der Waals surface area contributed by atoms with Gasteiger partial charge in [0, 0.05) is 42.1 Å². The number of aromatic nitrogens is 1. The largest absolute Gasteiger partial charge is 0.394 e. The molecule has 5 nitrogen and oxygen atoms in total. The van der Waals surface area contributed by atoms with E-state index in [4.69, 9.17) is 5.11 Å². The molecule has 2 aromatic heterocycles. The molecule has 0 saturated heterocycles. The van der Waals surface area contributed by atoms with Gasteiger partial charge in [-0.15, -0.1) is 11.3 Å². The lowest BCUT2D eigenvalue weighted by molar-refractivity contribution is 0.0921. The Balaban J connectivity index is 1.65. The van der Waals surface area contributed by atoms with Crippen LogP contribution in [0.25, 0.3) is 0 Å². The van der Waals surface area contributed by atoms with Crippen LogP contribution in [0.3, 0.4) is 0 Å². The number of hydrogen-bond donors (Lipinski definition) is 2. The summed E-state index contributed by atoms with van der Waals surface area (Å²) in [6.45, 7) is 6.51. The van der Waals surface area contributed by atoms with Crippen LogP contribution in [0.5, 0.6) is 0 Å². The number of hydrogen-bond acceptors (Lipinski definition) is 5. The third kappa shape index (κ3) is 4.26. The Morgan fingerprint density at radius 2 is 2.32 bits per heavy atom. The topological polar surface area (TPSA) is 65.5 Å². The fourth-order valence-corrected chi connectivity index (χ4v) is 4.16. The van der Waals surface area contributed by atoms with E-state index in [-0.39, 0.29) is 18.6 Å². The molecule has 6 heteroatoms. The Kier molecular flexibility index (Phi) is 5.83. The van der Waals surface area contributed by atoms with Crippen molar-refractivity contribution < 1.29 is 9.90 Å². The number of fused-ring (bicyclic) bond motifs is 1. The first kappa shape index (κ1) is 18.0. The highest BCUT2D eigenvalue weighted by atomic mass is 32.1. The maximum atomic E-state index is 12.3. The van der Waals surface area contributed by atoms with Gasteiger partial charge in [-0.3, -0.25) is 14.7 Å². The Morgan fingerprint density at radius 1 is 1.48 bits per heavy atom. The summed E-state index contributed by atoms with van der Waals surface area (Å²) in [6.07, 6.45) is 3.85. The standard InChI is InChI=1S/C19H25N3O2S/c1-3-14-4-5-15(20-8-14)9-22-7-6-16-17(12-25-18(16)10-22)19(24)21-13(2)11-23/h4-5,8,12-13,23H,3,6-7,9-11H2,1-2H3,(H,21,24). The highest BCUT2D eigenvalue weighted by molar-refractivity contribution is 7.10. The van der Waals surface area contributed by atoms with Gasteiger partial charge in [-0.2, -0.15) is 0 Å². The van der Waals surface area contributed by atoms with Gasteiger partial charge in [0.2, 0.25) is 0 Å². The smallest absolute Gasteiger partial charge is 0.252 e. The number of aliphatic hydroxyl groups excluding tert-OH is 1. The SMILES string of the molecule is CCc1ccc(CN2CCc3c(C(=O)NC(C)CO)csc3C2)nc1. The maximum Gasteiger partial charge on any atom is 0.252 e. The van der Waals surface area contributed by atoms with E-state index in [1.807, 2.05) is 11.6 Å². The van der Waals surface area contributed by atoms with E-state index in [1.165, 1.54) is 10.4 Å². The minimum atomic E-state index is -0.222. The lowest BCUT2D eigenvalue weighted by Gasteiger charge is -2.27. The highest BCUT2D eigenvalue weighted by Crippen LogP contribution is 2.29. The molecule has 1 amide bonds. The number of thiophene rings is 1. The lowest BCUT2D eigenvalue weighted by Crippen LogP contribution is -2.36. The molecule has 0 fully saturated rings. The molecule has 2 N–H and O–H groups in total. The Labute approximate surface area is 152 Å². The molecule has 25 heavy (non-hydrogen) atoms. The van der Waals surface area contributed by atoms with Gasteiger partial charge in [0.05, 0.1) is 17.9 Å². The molecule has 0 aliphatic carbocycles. The monoisotopic (exact) mass is 359 g/mol. The van der Waals surface area contributed by atoms with Crippen LogP contribution < -0.4 is 5.32 Å². The molecular formula is C19H25N3O2S. The fraction of sp³-hybridized carbons (Fsp3) is 0.474. The van der Waals surface area contributed by atoms with Crippen LogP contribution in [0, 0.1) is 0 Å². The molecule has 3 heterocycles. The maximum absolute atomic E-state index is 12.3. The van der Waals surface area contributed by atoms with Crippen LogP contribution in [0.1, 0.15) is 45.9 Å². The number of carbonyl (C=O) groups is 1. The van der Waals surface area contributed by atoms with Crippen molar-refractivity contribution in [2.75, 3.05) is 13.2 Å². The summed E-state index contributed by atoms with van der Waals surface area (Å²) in [4.78, 5) is 20.5. The molecular weight excluding hydrogens is 334 g/mol. The van der Waals surface area contributed by atoms with E-state index in [0.717, 1.165) is 49.3 Å². The number of pyridine rings is 1. The molecule has 3 rings (SSSR count). The number of amides is 1. The first-order valence-electron chi connectivity index (χ1n) is 8.77. The second-order valence-corrected chi connectivity index (χ2v) is 7.54. The second-order valence-electron chi connectivity index (χ2n) is 6.58. The summed E-state index contributed by atoms with van der Waals surface area (Å²) in [5.41, 5.74) is 4.28. The van der Waals surface area contributed by atoms with Crippen LogP contribution in [0.15, 0.2) is 23.7 Å². The molecule has 134 valence electrons. The molecule has 1 atom stereocenters. The summed E-state index contributed by atoms with van der Waals surface area (Å²) in [5, 5.41) is 13.9. The van der Waals surface area contributed by atoms with Crippen LogP contribution in [-0.4, -0.2) is 40.1 Å². The normalized spacial score (nSPS) is 15.6. The summed E-state index contributed by atoms with van der Waals surface area (Å²) in [6, 6.07) is 4.03. The van der Waals surface area contributed by atoms with Gasteiger partial charge in [-0.1, -0.05) is 13.0 Å². The van der Waals surface area contributed by atoms with Gasteiger partial charge < -0.3 is 10.4 Å². The number of nitrogens with zero attached hydrogens (tertiary/aromatic N) is 2. The second kappa shape index (κ2) is 8.08. The summed E-state index contributed by atoms with van der Waals surface area (Å²) >= 11 is 1.65. The van der Waals surface area contributed by atoms with Crippen LogP contribution in [0.4, 0.5) is 0 Å². The Morgan fingerprint density at radius 3 is 3.00 bits per heavy atom. The average Bonchev–Trinajstić information content (AvgIpc) is 3.05. The van der Waals surface area contributed by atoms with Gasteiger partial charge in [0.15, 0.2) is 0 Å². The quantitative estimate of drug-likeness (QED) is 0.831. The first-order valence-corrected chi connectivity index (χ1v) is 9.65. The van der Waals surface area contributed by atoms with Crippen molar-refractivity contribution >= 4 is 17.2 Å². The van der Waals surface area contributed by atoms with E-state index in [2.05, 4.69) is 34.3 Å². The highest BCUT2D eigenvalue weighted by Gasteiger charge is 2.24. The number of aliphatic hydroxyl groups is 1. The molecule has 0 radical (unpaired) electrons. The molecule has 2 aromatic rings. The first-order chi connectivity index (χ1) is 12.1. The van der Waals surface area contributed by atoms with E-state index in [0.29, 0.717) is 0 Å². The minimum Gasteiger partial charge on any atom is -0.394 e. The zero-order chi connectivity index (χ0) is 17.8. The van der Waals surface area contributed by atoms with Gasteiger partial charge in [-0.05, 0) is 37.0 Å². The van der Waals surface area contributed by atoms with Crippen LogP contribution in [0.2, 0.25) is 0 Å². The molecule has 1 unspecified atom stereocenters. The molecule has 0 aromatic carbocycles. The fourth-order valence-electron chi connectivity index (χ4n) is 3.04. The van der Waals surface area contributed by atoms with Gasteiger partial charge >= 0.3 is 0 Å². The Bertz CT molecular complexity index is 727. The van der Waals surface area contributed by atoms with Crippen molar-refractivity contribution in [3.05, 3.63) is 51.0 Å². The van der Waals surface area contributed by atoms with Crippen molar-refractivity contribution in [2.24, 2.45) is 0 Å². The minimum absolute atomic E-state index is 0.0460. The summed E-state index contributed by atoms with van der Waals surface area (Å²) in [7, 11) is 0. The molecule has 0 spiro atoms. The van der Waals surface area contributed by atoms with E-state index >= 15 is 0 Å². The number of aryl methyl sites for hydroxylation is 1. The molecule has 1 aliphatic heterocycles. The predicted octanol–water partition coefficient (Wildman–Crippen LogP) is 2.37. The van der Waals surface area contributed by atoms with Crippen molar-refractivity contribution in [2.45, 2.75) is 45.8 Å². The van der Waals surface area contributed by atoms with Crippen LogP contribution in [-0.2, 0) is 25.9 Å². The zero-order valence-electron chi connectivity index (χ0n) is 14.8. The van der Waals surface area contributed by atoms with E-state index in [9.17, 15) is 4.79 Å². The zero-order valence-corrected chi connectivity index (χ0v) is 15.6. The lowest BCUT2D eigenvalue weighted by atomic mass is 10.0. The summed E-state index contributed by atoms with van der Waals surface area (Å²) in [5.74, 6) is -0.0793. The molecule has 0 saturated carbocycles. The van der Waals surface area contributed by atoms with Gasteiger partial charge in [0.25, 0.3) is 5.91 Å². The Hall–Kier alpha value is -1.76. The van der Waals surface area contributed by atoms with Gasteiger partial charge in [-0.25, -0.2) is 0 Å². The molecule has 1 aliphatic rings.